The van der Waals surface area contributed by atoms with Crippen LogP contribution in [0.15, 0.2) is 113 Å². The molecule has 7 nitrogen and oxygen atoms in total. The zero-order valence-electron chi connectivity index (χ0n) is 27.4. The minimum Gasteiger partial charge on any atom is -0.464 e. The lowest BCUT2D eigenvalue weighted by Gasteiger charge is -2.43. The summed E-state index contributed by atoms with van der Waals surface area (Å²) in [5, 5.41) is 16.0. The van der Waals surface area contributed by atoms with E-state index in [0.717, 1.165) is 40.4 Å². The van der Waals surface area contributed by atoms with Crippen molar-refractivity contribution in [2.24, 2.45) is 11.3 Å². The van der Waals surface area contributed by atoms with Crippen LogP contribution in [0.1, 0.15) is 68.2 Å². The van der Waals surface area contributed by atoms with Gasteiger partial charge in [0.2, 0.25) is 5.91 Å². The minimum absolute atomic E-state index is 0.0119. The van der Waals surface area contributed by atoms with Gasteiger partial charge in [-0.05, 0) is 72.9 Å². The number of carbonyl (C=O) groups excluding carboxylic acids is 2. The number of para-hydroxylation sites is 2. The number of fused-ring (bicyclic) bond motifs is 1. The SMILES string of the molecule is Cc1ccc(C2C3=C(CC(C)(C)CC3=O)Nc3ccccc3N2CC(=O)N2CCC(C(O)(c3ccccc3)c3ccccc3)CC2)o1. The third-order valence-corrected chi connectivity index (χ3v) is 10.2. The molecule has 0 radical (unpaired) electrons. The molecule has 1 amide bonds. The van der Waals surface area contributed by atoms with Crippen molar-refractivity contribution in [3.05, 3.63) is 131 Å². The van der Waals surface area contributed by atoms with Crippen LogP contribution in [0.4, 0.5) is 11.4 Å². The fourth-order valence-electron chi connectivity index (χ4n) is 7.94. The highest BCUT2D eigenvalue weighted by molar-refractivity contribution is 6.01. The summed E-state index contributed by atoms with van der Waals surface area (Å²) in [5.41, 5.74) is 3.70. The number of nitrogens with one attached hydrogen (secondary N) is 1. The molecule has 47 heavy (non-hydrogen) atoms. The Hall–Kier alpha value is -4.62. The number of benzene rings is 3. The first-order valence-electron chi connectivity index (χ1n) is 16.7. The Balaban J connectivity index is 1.19. The second-order valence-corrected chi connectivity index (χ2v) is 14.1. The van der Waals surface area contributed by atoms with Gasteiger partial charge >= 0.3 is 0 Å². The van der Waals surface area contributed by atoms with Crippen LogP contribution >= 0.6 is 0 Å². The second-order valence-electron chi connectivity index (χ2n) is 14.1. The molecule has 1 atom stereocenters. The highest BCUT2D eigenvalue weighted by Gasteiger charge is 2.45. The summed E-state index contributed by atoms with van der Waals surface area (Å²) in [5.74, 6) is 1.42. The maximum Gasteiger partial charge on any atom is 0.242 e. The zero-order chi connectivity index (χ0) is 32.8. The number of ketones is 1. The van der Waals surface area contributed by atoms with Crippen LogP contribution < -0.4 is 10.2 Å². The molecule has 1 aliphatic carbocycles. The Labute approximate surface area is 276 Å². The Morgan fingerprint density at radius 3 is 2.13 bits per heavy atom. The molecule has 0 saturated carbocycles. The summed E-state index contributed by atoms with van der Waals surface area (Å²) >= 11 is 0. The van der Waals surface area contributed by atoms with Crippen LogP contribution in [0.25, 0.3) is 0 Å². The summed E-state index contributed by atoms with van der Waals surface area (Å²) in [7, 11) is 0. The molecule has 4 aromatic rings. The van der Waals surface area contributed by atoms with E-state index in [1.165, 1.54) is 0 Å². The third kappa shape index (κ3) is 5.78. The number of hydrogen-bond acceptors (Lipinski definition) is 6. The number of aryl methyl sites for hydroxylation is 1. The topological polar surface area (TPSA) is 86.0 Å². The minimum atomic E-state index is -1.16. The number of amides is 1. The average Bonchev–Trinajstić information content (AvgIpc) is 3.45. The van der Waals surface area contributed by atoms with E-state index in [4.69, 9.17) is 4.42 Å². The quantitative estimate of drug-likeness (QED) is 0.232. The van der Waals surface area contributed by atoms with E-state index in [1.807, 2.05) is 109 Å². The molecular weight excluding hydrogens is 586 g/mol. The first-order valence-corrected chi connectivity index (χ1v) is 16.7. The van der Waals surface area contributed by atoms with E-state index in [9.17, 15) is 14.7 Å². The molecule has 3 heterocycles. The van der Waals surface area contributed by atoms with Crippen molar-refractivity contribution in [1.82, 2.24) is 4.90 Å². The van der Waals surface area contributed by atoms with Crippen molar-refractivity contribution in [2.45, 2.75) is 58.1 Å². The van der Waals surface area contributed by atoms with Gasteiger partial charge in [-0.2, -0.15) is 0 Å². The highest BCUT2D eigenvalue weighted by atomic mass is 16.3. The molecule has 1 fully saturated rings. The number of allylic oxidation sites excluding steroid dienone is 1. The van der Waals surface area contributed by atoms with Crippen LogP contribution in [0.3, 0.4) is 0 Å². The summed E-state index contributed by atoms with van der Waals surface area (Å²) in [6, 6.07) is 31.0. The molecular formula is C40H43N3O4. The molecule has 3 aromatic carbocycles. The van der Waals surface area contributed by atoms with Crippen molar-refractivity contribution in [3.63, 3.8) is 0 Å². The van der Waals surface area contributed by atoms with Gasteiger partial charge in [0.15, 0.2) is 5.78 Å². The Bertz CT molecular complexity index is 1760. The van der Waals surface area contributed by atoms with Gasteiger partial charge in [0, 0.05) is 30.8 Å². The second kappa shape index (κ2) is 12.2. The molecule has 1 unspecified atom stereocenters. The summed E-state index contributed by atoms with van der Waals surface area (Å²) in [4.78, 5) is 32.2. The smallest absolute Gasteiger partial charge is 0.242 e. The third-order valence-electron chi connectivity index (χ3n) is 10.2. The van der Waals surface area contributed by atoms with Gasteiger partial charge in [-0.3, -0.25) is 9.59 Å². The Morgan fingerprint density at radius 1 is 0.894 bits per heavy atom. The first-order chi connectivity index (χ1) is 22.6. The molecule has 3 aliphatic rings. The van der Waals surface area contributed by atoms with E-state index >= 15 is 0 Å². The molecule has 1 aromatic heterocycles. The van der Waals surface area contributed by atoms with E-state index in [1.54, 1.807) is 0 Å². The molecule has 7 heteroatoms. The van der Waals surface area contributed by atoms with Crippen molar-refractivity contribution in [1.29, 1.82) is 0 Å². The number of piperidine rings is 1. The van der Waals surface area contributed by atoms with Crippen LogP contribution in [-0.2, 0) is 15.2 Å². The fourth-order valence-corrected chi connectivity index (χ4v) is 7.94. The Morgan fingerprint density at radius 2 is 1.51 bits per heavy atom. The van der Waals surface area contributed by atoms with Crippen LogP contribution in [0.2, 0.25) is 0 Å². The van der Waals surface area contributed by atoms with Crippen LogP contribution in [0, 0.1) is 18.3 Å². The van der Waals surface area contributed by atoms with Crippen molar-refractivity contribution in [2.75, 3.05) is 29.9 Å². The number of hydrogen-bond donors (Lipinski definition) is 2. The van der Waals surface area contributed by atoms with E-state index in [-0.39, 0.29) is 29.6 Å². The molecule has 242 valence electrons. The van der Waals surface area contributed by atoms with Gasteiger partial charge in [-0.25, -0.2) is 0 Å². The average molecular weight is 630 g/mol. The highest BCUT2D eigenvalue weighted by Crippen LogP contribution is 2.49. The lowest BCUT2D eigenvalue weighted by Crippen LogP contribution is -2.49. The van der Waals surface area contributed by atoms with E-state index in [2.05, 4.69) is 24.1 Å². The fraction of sp³-hybridized carbons (Fsp3) is 0.350. The van der Waals surface area contributed by atoms with Crippen molar-refractivity contribution < 1.29 is 19.1 Å². The normalized spacial score (nSPS) is 19.9. The predicted molar refractivity (Wildman–Crippen MR) is 184 cm³/mol. The zero-order valence-corrected chi connectivity index (χ0v) is 27.4. The van der Waals surface area contributed by atoms with Gasteiger partial charge in [0.05, 0.1) is 17.9 Å². The maximum atomic E-state index is 14.3. The first kappa shape index (κ1) is 31.0. The molecule has 1 saturated heterocycles. The number of carbonyl (C=O) groups is 2. The number of rotatable bonds is 6. The largest absolute Gasteiger partial charge is 0.464 e. The van der Waals surface area contributed by atoms with Crippen molar-refractivity contribution in [3.8, 4) is 0 Å². The van der Waals surface area contributed by atoms with Crippen LogP contribution in [-0.4, -0.2) is 41.3 Å². The van der Waals surface area contributed by atoms with Gasteiger partial charge in [0.1, 0.15) is 23.2 Å². The molecule has 0 spiro atoms. The number of aliphatic hydroxyl groups is 1. The number of likely N-dealkylation sites (tertiary alicyclic amines) is 1. The van der Waals surface area contributed by atoms with Gasteiger partial charge < -0.3 is 24.6 Å². The predicted octanol–water partition coefficient (Wildman–Crippen LogP) is 7.38. The lowest BCUT2D eigenvalue weighted by atomic mass is 9.72. The van der Waals surface area contributed by atoms with Gasteiger partial charge in [-0.1, -0.05) is 86.6 Å². The lowest BCUT2D eigenvalue weighted by molar-refractivity contribution is -0.132. The maximum absolute atomic E-state index is 14.3. The van der Waals surface area contributed by atoms with Crippen LogP contribution in [0.5, 0.6) is 0 Å². The van der Waals surface area contributed by atoms with E-state index < -0.39 is 11.6 Å². The number of Topliss-reactive ketones (excluding diaryl/α,β-unsaturated/α-hetero) is 1. The number of anilines is 2. The summed E-state index contributed by atoms with van der Waals surface area (Å²) in [6.45, 7) is 7.30. The molecule has 0 bridgehead atoms. The molecule has 7 rings (SSSR count). The monoisotopic (exact) mass is 629 g/mol. The van der Waals surface area contributed by atoms with E-state index in [0.29, 0.717) is 43.7 Å². The summed E-state index contributed by atoms with van der Waals surface area (Å²) < 4.78 is 6.23. The molecule has 2 N–H and O–H groups in total. The summed E-state index contributed by atoms with van der Waals surface area (Å²) in [6.07, 6.45) is 2.47. The number of nitrogens with zero attached hydrogens (tertiary/aromatic N) is 2. The number of furan rings is 1. The Kier molecular flexibility index (Phi) is 8.04. The van der Waals surface area contributed by atoms with Gasteiger partial charge in [0.25, 0.3) is 0 Å². The van der Waals surface area contributed by atoms with Crippen molar-refractivity contribution >= 4 is 23.1 Å². The molecule has 2 aliphatic heterocycles. The standard InChI is InChI=1S/C40H43N3O4/c1-27-18-19-35(47-27)38-37-32(24-39(2,3)25-34(37)44)41-31-16-10-11-17-33(31)43(38)26-36(45)42-22-20-30(21-23-42)40(46,28-12-6-4-7-13-28)29-14-8-5-9-15-29/h4-19,30,38,41,46H,20-26H2,1-3H3. The van der Waals surface area contributed by atoms with Gasteiger partial charge in [-0.15, -0.1) is 0 Å².